The summed E-state index contributed by atoms with van der Waals surface area (Å²) in [4.78, 5) is 20.2. The molecule has 0 saturated carbocycles. The van der Waals surface area contributed by atoms with Gasteiger partial charge in [0.2, 0.25) is 0 Å². The molecule has 0 fully saturated rings. The zero-order chi connectivity index (χ0) is 18.0. The largest absolute Gasteiger partial charge is 1.00 e. The molecule has 10 nitrogen and oxygen atoms in total. The molecule has 1 aromatic carbocycles. The van der Waals surface area contributed by atoms with Gasteiger partial charge in [0, 0.05) is 34.5 Å². The smallest absolute Gasteiger partial charge is 0.487 e. The van der Waals surface area contributed by atoms with E-state index in [0.717, 1.165) is 12.1 Å². The van der Waals surface area contributed by atoms with E-state index in [1.165, 1.54) is 0 Å². The molecule has 0 amide bonds. The fourth-order valence-electron chi connectivity index (χ4n) is 1.31. The first-order valence-electron chi connectivity index (χ1n) is 5.94. The van der Waals surface area contributed by atoms with Crippen LogP contribution in [0.4, 0.5) is 0 Å². The molecule has 0 aliphatic heterocycles. The maximum absolute atomic E-state index is 10.9. The van der Waals surface area contributed by atoms with Crippen LogP contribution in [0.3, 0.4) is 0 Å². The molecule has 1 radical (unpaired) electrons. The van der Waals surface area contributed by atoms with Crippen LogP contribution in [0.1, 0.15) is 20.7 Å². The minimum absolute atomic E-state index is 0. The van der Waals surface area contributed by atoms with Crippen LogP contribution in [-0.4, -0.2) is 101 Å². The van der Waals surface area contributed by atoms with E-state index >= 15 is 0 Å². The van der Waals surface area contributed by atoms with E-state index in [1.807, 2.05) is 0 Å². The van der Waals surface area contributed by atoms with Crippen LogP contribution in [0.15, 0.2) is 17.0 Å². The summed E-state index contributed by atoms with van der Waals surface area (Å²) in [6, 6.07) is 3.69. The molecule has 0 saturated heterocycles. The van der Waals surface area contributed by atoms with Crippen LogP contribution in [0.25, 0.3) is 0 Å². The van der Waals surface area contributed by atoms with Crippen molar-refractivity contribution in [2.45, 2.75) is 4.90 Å². The molecule has 0 bridgehead atoms. The van der Waals surface area contributed by atoms with Crippen LogP contribution in [0.2, 0.25) is 0 Å². The van der Waals surface area contributed by atoms with Crippen molar-refractivity contribution in [3.63, 3.8) is 0 Å². The van der Waals surface area contributed by atoms with E-state index in [0.29, 0.717) is 13.2 Å². The van der Waals surface area contributed by atoms with Gasteiger partial charge in [-0.3, -0.25) is 14.1 Å². The van der Waals surface area contributed by atoms with E-state index in [4.69, 9.17) is 25.0 Å². The van der Waals surface area contributed by atoms with Crippen LogP contribution in [-0.2, 0) is 14.9 Å². The van der Waals surface area contributed by atoms with Gasteiger partial charge < -0.3 is 25.2 Å². The normalized spacial score (nSPS) is 9.72. The van der Waals surface area contributed by atoms with Gasteiger partial charge in [0.15, 0.2) is 0 Å². The number of ether oxygens (including phenoxy) is 1. The molecule has 1 rings (SSSR count). The molecule has 0 spiro atoms. The first kappa shape index (κ1) is 29.7. The second kappa shape index (κ2) is 15.1. The Hall–Kier alpha value is -0.0500. The molecular weight excluding hydrogens is 382 g/mol. The van der Waals surface area contributed by atoms with E-state index in [9.17, 15) is 18.0 Å². The van der Waals surface area contributed by atoms with E-state index in [2.05, 4.69) is 10.8 Å². The second-order valence-electron chi connectivity index (χ2n) is 3.76. The Balaban J connectivity index is -0.000000464. The molecule has 0 aromatic heterocycles. The monoisotopic (exact) mass is 397 g/mol. The number of carbonyl (C=O) groups is 2. The van der Waals surface area contributed by atoms with Crippen molar-refractivity contribution in [2.75, 3.05) is 26.4 Å². The van der Waals surface area contributed by atoms with Crippen LogP contribution >= 0.6 is 0 Å². The summed E-state index contributed by atoms with van der Waals surface area (Å²) in [6.07, 6.45) is 0. The summed E-state index contributed by atoms with van der Waals surface area (Å²) < 4.78 is 35.2. The quantitative estimate of drug-likeness (QED) is 0.131. The Kier molecular flexibility index (Phi) is 17.9. The zero-order valence-electron chi connectivity index (χ0n) is 13.7. The maximum atomic E-state index is 10.9. The van der Waals surface area contributed by atoms with Crippen molar-refractivity contribution >= 4 is 51.6 Å². The van der Waals surface area contributed by atoms with Crippen molar-refractivity contribution in [3.05, 3.63) is 29.3 Å². The molecule has 0 aliphatic rings. The summed E-state index contributed by atoms with van der Waals surface area (Å²) in [5.74, 6) is -3.35. The minimum Gasteiger partial charge on any atom is -0.487 e. The first-order valence-corrected chi connectivity index (χ1v) is 7.38. The standard InChI is InChI=1S/C8H5O7S.C4H10O3.2Na/c9-7(10)4-2-1-3-5(8(11)12)6(4)16(13,14)15;5-1-3-7-4-2-6;;/h2-3H,(H,9,10)(H,11,12)(H,13,14,15);5-6H,1-4H2;;/q-1;;;+1. The molecule has 0 unspecified atom stereocenters. The van der Waals surface area contributed by atoms with Crippen molar-refractivity contribution < 1.29 is 77.3 Å². The molecule has 0 aliphatic carbocycles. The SMILES string of the molecule is O=C(O)c1c[c-]cc(C(=O)O)c1S(=O)(=O)O.OCCOCCO.[Na+].[Na]. The molecule has 1 aromatic rings. The Morgan fingerprint density at radius 1 is 1.00 bits per heavy atom. The van der Waals surface area contributed by atoms with Gasteiger partial charge >= 0.3 is 29.6 Å². The third-order valence-corrected chi connectivity index (χ3v) is 3.09. The average Bonchev–Trinajstić information content (AvgIpc) is 2.46. The number of aliphatic hydroxyl groups excluding tert-OH is 2. The molecule has 5 N–H and O–H groups in total. The molecule has 0 heterocycles. The topological polar surface area (TPSA) is 179 Å². The van der Waals surface area contributed by atoms with Gasteiger partial charge in [-0.25, -0.2) is 0 Å². The van der Waals surface area contributed by atoms with E-state index < -0.39 is 38.1 Å². The Bertz CT molecular complexity index is 611. The number of aliphatic hydroxyl groups is 2. The number of carboxylic acid groups (broad SMARTS) is 2. The van der Waals surface area contributed by atoms with Crippen molar-refractivity contribution in [1.29, 1.82) is 0 Å². The summed E-state index contributed by atoms with van der Waals surface area (Å²) in [7, 11) is -4.94. The number of hydrogen-bond acceptors (Lipinski definition) is 7. The number of hydrogen-bond donors (Lipinski definition) is 5. The Labute approximate surface area is 188 Å². The zero-order valence-corrected chi connectivity index (χ0v) is 18.5. The number of carboxylic acids is 2. The van der Waals surface area contributed by atoms with Gasteiger partial charge in [0.25, 0.3) is 22.1 Å². The van der Waals surface area contributed by atoms with E-state index in [1.54, 1.807) is 0 Å². The molecule has 0 atom stereocenters. The summed E-state index contributed by atoms with van der Waals surface area (Å²) >= 11 is 0. The fourth-order valence-corrected chi connectivity index (χ4v) is 2.16. The van der Waals surface area contributed by atoms with Gasteiger partial charge in [0.05, 0.1) is 26.4 Å². The average molecular weight is 397 g/mol. The molecular formula is C12H15Na2O10S. The van der Waals surface area contributed by atoms with Crippen molar-refractivity contribution in [2.24, 2.45) is 0 Å². The molecule has 131 valence electrons. The summed E-state index contributed by atoms with van der Waals surface area (Å²) in [6.45, 7) is 0.696. The van der Waals surface area contributed by atoms with Gasteiger partial charge in [-0.1, -0.05) is 0 Å². The molecule has 13 heteroatoms. The van der Waals surface area contributed by atoms with Crippen LogP contribution < -0.4 is 29.6 Å². The minimum atomic E-state index is -4.94. The van der Waals surface area contributed by atoms with Crippen molar-refractivity contribution in [1.82, 2.24) is 0 Å². The number of benzene rings is 1. The third kappa shape index (κ3) is 11.3. The van der Waals surface area contributed by atoms with Gasteiger partial charge in [-0.2, -0.15) is 26.6 Å². The van der Waals surface area contributed by atoms with Gasteiger partial charge in [0.1, 0.15) is 0 Å². The summed E-state index contributed by atoms with van der Waals surface area (Å²) in [5, 5.41) is 33.5. The predicted molar refractivity (Wildman–Crippen MR) is 79.8 cm³/mol. The van der Waals surface area contributed by atoms with Crippen LogP contribution in [0, 0.1) is 6.07 Å². The van der Waals surface area contributed by atoms with Gasteiger partial charge in [-0.05, 0) is 11.1 Å². The second-order valence-corrected chi connectivity index (χ2v) is 5.12. The Morgan fingerprint density at radius 3 is 1.60 bits per heavy atom. The van der Waals surface area contributed by atoms with Gasteiger partial charge in [-0.15, -0.1) is 0 Å². The summed E-state index contributed by atoms with van der Waals surface area (Å²) in [5.41, 5.74) is -1.69. The molecule has 25 heavy (non-hydrogen) atoms. The third-order valence-electron chi connectivity index (χ3n) is 2.13. The Morgan fingerprint density at radius 2 is 1.36 bits per heavy atom. The predicted octanol–water partition coefficient (Wildman–Crippen LogP) is -4.26. The maximum Gasteiger partial charge on any atom is 1.00 e. The van der Waals surface area contributed by atoms with Crippen molar-refractivity contribution in [3.8, 4) is 0 Å². The first-order chi connectivity index (χ1) is 10.7. The van der Waals surface area contributed by atoms with Crippen LogP contribution in [0.5, 0.6) is 0 Å². The van der Waals surface area contributed by atoms with E-state index in [-0.39, 0.29) is 72.3 Å². The number of aromatic carboxylic acids is 2. The fraction of sp³-hybridized carbons (Fsp3) is 0.333. The number of rotatable bonds is 7.